The van der Waals surface area contributed by atoms with E-state index in [0.717, 1.165) is 29.0 Å². The second kappa shape index (κ2) is 6.48. The summed E-state index contributed by atoms with van der Waals surface area (Å²) < 4.78 is 12.7. The van der Waals surface area contributed by atoms with Crippen LogP contribution in [0.2, 0.25) is 0 Å². The first-order chi connectivity index (χ1) is 9.22. The Bertz CT molecular complexity index is 540. The van der Waals surface area contributed by atoms with E-state index in [1.54, 1.807) is 11.8 Å². The minimum atomic E-state index is 0.402. The highest BCUT2D eigenvalue weighted by molar-refractivity contribution is 6.17. The summed E-state index contributed by atoms with van der Waals surface area (Å²) in [7, 11) is 3.54. The van der Waals surface area contributed by atoms with Gasteiger partial charge < -0.3 is 9.47 Å². The van der Waals surface area contributed by atoms with Gasteiger partial charge in [0.1, 0.15) is 11.5 Å². The molecule has 0 aliphatic heterocycles. The van der Waals surface area contributed by atoms with Crippen LogP contribution in [-0.4, -0.2) is 23.5 Å². The highest BCUT2D eigenvalue weighted by atomic mass is 35.5. The Hall–Kier alpha value is -1.68. The lowest BCUT2D eigenvalue weighted by atomic mass is 10.2. The van der Waals surface area contributed by atoms with E-state index in [0.29, 0.717) is 12.5 Å². The zero-order valence-corrected chi connectivity index (χ0v) is 11.9. The summed E-state index contributed by atoms with van der Waals surface area (Å²) in [5, 5.41) is 4.12. The molecule has 0 N–H and O–H groups in total. The minimum absolute atomic E-state index is 0.402. The van der Waals surface area contributed by atoms with Gasteiger partial charge in [-0.15, -0.1) is 11.6 Å². The largest absolute Gasteiger partial charge is 0.497 e. The number of aryl methyl sites for hydroxylation is 1. The van der Waals surface area contributed by atoms with E-state index < -0.39 is 0 Å². The molecule has 1 heterocycles. The standard InChI is InChI=1S/C14H17ClN2O2/c1-17-10-11(9-16-17)5-6-19-14-4-3-13(18-2)7-12(14)8-15/h3-4,7,9-10H,5-6,8H2,1-2H3. The molecule has 0 saturated carbocycles. The molecule has 5 heteroatoms. The van der Waals surface area contributed by atoms with Crippen molar-refractivity contribution in [3.05, 3.63) is 41.7 Å². The summed E-state index contributed by atoms with van der Waals surface area (Å²) in [4.78, 5) is 0. The second-order valence-corrected chi connectivity index (χ2v) is 4.50. The average Bonchev–Trinajstić information content (AvgIpc) is 2.84. The number of halogens is 1. The van der Waals surface area contributed by atoms with E-state index in [2.05, 4.69) is 5.10 Å². The Balaban J connectivity index is 1.95. The van der Waals surface area contributed by atoms with Crippen molar-refractivity contribution in [3.8, 4) is 11.5 Å². The van der Waals surface area contributed by atoms with Gasteiger partial charge in [0.25, 0.3) is 0 Å². The summed E-state index contributed by atoms with van der Waals surface area (Å²) in [6, 6.07) is 5.65. The smallest absolute Gasteiger partial charge is 0.123 e. The van der Waals surface area contributed by atoms with Crippen molar-refractivity contribution in [1.82, 2.24) is 9.78 Å². The fourth-order valence-corrected chi connectivity index (χ4v) is 2.02. The molecule has 0 radical (unpaired) electrons. The molecule has 102 valence electrons. The third kappa shape index (κ3) is 3.64. The maximum Gasteiger partial charge on any atom is 0.123 e. The highest BCUT2D eigenvalue weighted by Crippen LogP contribution is 2.25. The molecule has 0 amide bonds. The number of aromatic nitrogens is 2. The molecule has 0 fully saturated rings. The van der Waals surface area contributed by atoms with Crippen LogP contribution in [0.5, 0.6) is 11.5 Å². The molecule has 4 nitrogen and oxygen atoms in total. The first-order valence-electron chi connectivity index (χ1n) is 6.06. The molecule has 2 aromatic rings. The number of methoxy groups -OCH3 is 1. The Morgan fingerprint density at radius 1 is 1.37 bits per heavy atom. The molecular formula is C14H17ClN2O2. The average molecular weight is 281 g/mol. The van der Waals surface area contributed by atoms with E-state index in [-0.39, 0.29) is 0 Å². The zero-order chi connectivity index (χ0) is 13.7. The summed E-state index contributed by atoms with van der Waals surface area (Å²) in [6.07, 6.45) is 4.65. The highest BCUT2D eigenvalue weighted by Gasteiger charge is 2.05. The van der Waals surface area contributed by atoms with Crippen molar-refractivity contribution < 1.29 is 9.47 Å². The van der Waals surface area contributed by atoms with Crippen LogP contribution in [0.3, 0.4) is 0 Å². The lowest BCUT2D eigenvalue weighted by Gasteiger charge is -2.11. The molecule has 0 saturated heterocycles. The van der Waals surface area contributed by atoms with Gasteiger partial charge in [-0.1, -0.05) is 0 Å². The van der Waals surface area contributed by atoms with Crippen LogP contribution in [0, 0.1) is 0 Å². The molecule has 2 rings (SSSR count). The van der Waals surface area contributed by atoms with Gasteiger partial charge in [0.05, 0.1) is 25.8 Å². The van der Waals surface area contributed by atoms with Gasteiger partial charge in [-0.3, -0.25) is 4.68 Å². The molecule has 0 aliphatic rings. The molecule has 0 bridgehead atoms. The number of alkyl halides is 1. The van der Waals surface area contributed by atoms with E-state index in [1.165, 1.54) is 0 Å². The quantitative estimate of drug-likeness (QED) is 0.764. The van der Waals surface area contributed by atoms with Crippen LogP contribution < -0.4 is 9.47 Å². The summed E-state index contributed by atoms with van der Waals surface area (Å²) >= 11 is 5.91. The van der Waals surface area contributed by atoms with Crippen molar-refractivity contribution >= 4 is 11.6 Å². The van der Waals surface area contributed by atoms with Crippen molar-refractivity contribution in [1.29, 1.82) is 0 Å². The number of hydrogen-bond donors (Lipinski definition) is 0. The molecule has 0 spiro atoms. The fraction of sp³-hybridized carbons (Fsp3) is 0.357. The predicted molar refractivity (Wildman–Crippen MR) is 75.0 cm³/mol. The number of nitrogens with zero attached hydrogens (tertiary/aromatic N) is 2. The predicted octanol–water partition coefficient (Wildman–Crippen LogP) is 2.79. The van der Waals surface area contributed by atoms with E-state index >= 15 is 0 Å². The van der Waals surface area contributed by atoms with E-state index in [1.807, 2.05) is 37.6 Å². The lowest BCUT2D eigenvalue weighted by Crippen LogP contribution is -2.02. The third-order valence-electron chi connectivity index (χ3n) is 2.82. The molecular weight excluding hydrogens is 264 g/mol. The third-order valence-corrected chi connectivity index (χ3v) is 3.11. The number of ether oxygens (including phenoxy) is 2. The second-order valence-electron chi connectivity index (χ2n) is 4.23. The maximum absolute atomic E-state index is 5.91. The van der Waals surface area contributed by atoms with Gasteiger partial charge >= 0.3 is 0 Å². The number of hydrogen-bond acceptors (Lipinski definition) is 3. The Kier molecular flexibility index (Phi) is 4.68. The molecule has 0 aliphatic carbocycles. The molecule has 0 atom stereocenters. The van der Waals surface area contributed by atoms with Crippen LogP contribution in [0.4, 0.5) is 0 Å². The van der Waals surface area contributed by atoms with E-state index in [9.17, 15) is 0 Å². The minimum Gasteiger partial charge on any atom is -0.497 e. The molecule has 1 aromatic heterocycles. The van der Waals surface area contributed by atoms with Gasteiger partial charge in [-0.2, -0.15) is 5.10 Å². The Morgan fingerprint density at radius 2 is 2.21 bits per heavy atom. The van der Waals surface area contributed by atoms with Crippen molar-refractivity contribution in [2.75, 3.05) is 13.7 Å². The van der Waals surface area contributed by atoms with Crippen molar-refractivity contribution in [2.24, 2.45) is 7.05 Å². The summed E-state index contributed by atoms with van der Waals surface area (Å²) in [5.74, 6) is 1.99. The SMILES string of the molecule is COc1ccc(OCCc2cnn(C)c2)c(CCl)c1. The van der Waals surface area contributed by atoms with Gasteiger partial charge in [0.2, 0.25) is 0 Å². The van der Waals surface area contributed by atoms with Crippen molar-refractivity contribution in [2.45, 2.75) is 12.3 Å². The van der Waals surface area contributed by atoms with Gasteiger partial charge in [-0.05, 0) is 23.8 Å². The zero-order valence-electron chi connectivity index (χ0n) is 11.1. The molecule has 19 heavy (non-hydrogen) atoms. The molecule has 0 unspecified atom stereocenters. The Morgan fingerprint density at radius 3 is 2.84 bits per heavy atom. The van der Waals surface area contributed by atoms with Gasteiger partial charge in [-0.25, -0.2) is 0 Å². The normalized spacial score (nSPS) is 10.5. The monoisotopic (exact) mass is 280 g/mol. The Labute approximate surface area is 117 Å². The first kappa shape index (κ1) is 13.7. The number of rotatable bonds is 6. The summed E-state index contributed by atoms with van der Waals surface area (Å²) in [6.45, 7) is 0.599. The fourth-order valence-electron chi connectivity index (χ4n) is 1.81. The van der Waals surface area contributed by atoms with Crippen LogP contribution in [0.15, 0.2) is 30.6 Å². The van der Waals surface area contributed by atoms with Gasteiger partial charge in [0, 0.05) is 25.2 Å². The van der Waals surface area contributed by atoms with Crippen molar-refractivity contribution in [3.63, 3.8) is 0 Å². The lowest BCUT2D eigenvalue weighted by molar-refractivity contribution is 0.318. The number of benzene rings is 1. The van der Waals surface area contributed by atoms with Gasteiger partial charge in [0.15, 0.2) is 0 Å². The topological polar surface area (TPSA) is 36.3 Å². The van der Waals surface area contributed by atoms with Crippen LogP contribution >= 0.6 is 11.6 Å². The van der Waals surface area contributed by atoms with Crippen LogP contribution in [0.25, 0.3) is 0 Å². The van der Waals surface area contributed by atoms with Crippen LogP contribution in [0.1, 0.15) is 11.1 Å². The summed E-state index contributed by atoms with van der Waals surface area (Å²) in [5.41, 5.74) is 2.09. The maximum atomic E-state index is 5.91. The van der Waals surface area contributed by atoms with Crippen LogP contribution in [-0.2, 0) is 19.3 Å². The first-order valence-corrected chi connectivity index (χ1v) is 6.59. The molecule has 1 aromatic carbocycles. The van der Waals surface area contributed by atoms with E-state index in [4.69, 9.17) is 21.1 Å².